The van der Waals surface area contributed by atoms with Crippen LogP contribution in [0.2, 0.25) is 0 Å². The number of amides is 1. The van der Waals surface area contributed by atoms with Gasteiger partial charge < -0.3 is 19.2 Å². The van der Waals surface area contributed by atoms with E-state index in [1.807, 2.05) is 13.8 Å². The lowest BCUT2D eigenvalue weighted by Gasteiger charge is -2.17. The molecule has 2 aromatic rings. The van der Waals surface area contributed by atoms with Crippen LogP contribution in [-0.2, 0) is 16.2 Å². The fourth-order valence-corrected chi connectivity index (χ4v) is 2.92. The number of carbonyl (C=O) groups excluding carboxylic acids is 2. The van der Waals surface area contributed by atoms with Crippen molar-refractivity contribution in [3.63, 3.8) is 0 Å². The van der Waals surface area contributed by atoms with Gasteiger partial charge in [0.2, 0.25) is 5.91 Å². The number of nitrogens with zero attached hydrogens (tertiary/aromatic N) is 1. The number of carbonyl (C=O) groups is 2. The van der Waals surface area contributed by atoms with Crippen LogP contribution in [0, 0.1) is 11.6 Å². The Morgan fingerprint density at radius 1 is 1.03 bits per heavy atom. The molecule has 2 aromatic carbocycles. The number of halogens is 2. The minimum Gasteiger partial charge on any atom is -0.489 e. The van der Waals surface area contributed by atoms with E-state index in [-0.39, 0.29) is 36.9 Å². The van der Waals surface area contributed by atoms with Crippen molar-refractivity contribution >= 4 is 17.8 Å². The molecule has 7 heteroatoms. The molecule has 0 N–H and O–H groups in total. The van der Waals surface area contributed by atoms with Gasteiger partial charge in [0.05, 0.1) is 12.2 Å². The van der Waals surface area contributed by atoms with Crippen molar-refractivity contribution in [1.29, 1.82) is 0 Å². The van der Waals surface area contributed by atoms with Gasteiger partial charge in [0.15, 0.2) is 11.5 Å². The highest BCUT2D eigenvalue weighted by Crippen LogP contribution is 2.32. The molecule has 0 aromatic heterocycles. The third-order valence-electron chi connectivity index (χ3n) is 4.74. The zero-order chi connectivity index (χ0) is 22.8. The van der Waals surface area contributed by atoms with Gasteiger partial charge in [0.25, 0.3) is 0 Å². The lowest BCUT2D eigenvalue weighted by atomic mass is 10.1. The van der Waals surface area contributed by atoms with Crippen molar-refractivity contribution < 1.29 is 27.8 Å². The molecule has 0 heterocycles. The topological polar surface area (TPSA) is 55.8 Å². The van der Waals surface area contributed by atoms with Crippen LogP contribution < -0.4 is 9.47 Å². The number of rotatable bonds is 11. The Hall–Kier alpha value is -3.22. The Morgan fingerprint density at radius 2 is 1.71 bits per heavy atom. The van der Waals surface area contributed by atoms with E-state index in [1.165, 1.54) is 6.07 Å². The van der Waals surface area contributed by atoms with E-state index in [0.717, 1.165) is 29.6 Å². The summed E-state index contributed by atoms with van der Waals surface area (Å²) in [4.78, 5) is 24.7. The number of ether oxygens (including phenoxy) is 2. The summed E-state index contributed by atoms with van der Waals surface area (Å²) in [5.74, 6) is -0.900. The number of allylic oxidation sites excluding steroid dienone is 1. The number of hydrogen-bond donors (Lipinski definition) is 0. The molecule has 166 valence electrons. The number of likely N-dealkylation sites (N-methyl/N-ethyl adjacent to an activating group) is 1. The maximum atomic E-state index is 13.9. The van der Waals surface area contributed by atoms with Crippen molar-refractivity contribution in [2.45, 2.75) is 33.8 Å². The van der Waals surface area contributed by atoms with Crippen molar-refractivity contribution in [3.8, 4) is 11.5 Å². The highest BCUT2D eigenvalue weighted by molar-refractivity contribution is 5.95. The molecule has 0 bridgehead atoms. The molecule has 2 rings (SSSR count). The molecule has 0 aliphatic heterocycles. The Balaban J connectivity index is 2.28. The molecular weight excluding hydrogens is 404 g/mol. The smallest absolute Gasteiger partial charge is 0.246 e. The van der Waals surface area contributed by atoms with Gasteiger partial charge in [-0.3, -0.25) is 4.79 Å². The van der Waals surface area contributed by atoms with Crippen LogP contribution in [0.4, 0.5) is 8.78 Å². The molecule has 0 saturated carbocycles. The van der Waals surface area contributed by atoms with Gasteiger partial charge in [0, 0.05) is 25.6 Å². The minimum atomic E-state index is -0.700. The molecule has 0 saturated heterocycles. The zero-order valence-corrected chi connectivity index (χ0v) is 18.0. The molecule has 0 aliphatic rings. The lowest BCUT2D eigenvalue weighted by molar-refractivity contribution is -0.125. The second-order valence-electron chi connectivity index (χ2n) is 6.79. The van der Waals surface area contributed by atoms with Crippen molar-refractivity contribution in [1.82, 2.24) is 4.90 Å². The second-order valence-corrected chi connectivity index (χ2v) is 6.79. The zero-order valence-electron chi connectivity index (χ0n) is 18.0. The van der Waals surface area contributed by atoms with Gasteiger partial charge in [-0.15, -0.1) is 0 Å². The van der Waals surface area contributed by atoms with Crippen molar-refractivity contribution in [2.24, 2.45) is 0 Å². The van der Waals surface area contributed by atoms with Crippen LogP contribution in [0.15, 0.2) is 42.5 Å². The molecule has 31 heavy (non-hydrogen) atoms. The summed E-state index contributed by atoms with van der Waals surface area (Å²) >= 11 is 0. The highest BCUT2D eigenvalue weighted by atomic mass is 19.1. The van der Waals surface area contributed by atoms with Crippen LogP contribution in [0.25, 0.3) is 5.57 Å². The van der Waals surface area contributed by atoms with Gasteiger partial charge in [-0.1, -0.05) is 12.1 Å². The average Bonchev–Trinajstić information content (AvgIpc) is 2.75. The minimum absolute atomic E-state index is 0.0960. The third kappa shape index (κ3) is 6.64. The van der Waals surface area contributed by atoms with Gasteiger partial charge in [-0.2, -0.15) is 0 Å². The maximum absolute atomic E-state index is 13.9. The first-order valence-corrected chi connectivity index (χ1v) is 10.1. The van der Waals surface area contributed by atoms with E-state index in [4.69, 9.17) is 9.47 Å². The SMILES string of the molecule is CCN(CC)C(=O)C=C(C)c1ccc(OCc2c(F)cccc2F)c(OCCC=O)c1. The van der Waals surface area contributed by atoms with Gasteiger partial charge in [0.1, 0.15) is 24.5 Å². The average molecular weight is 431 g/mol. The largest absolute Gasteiger partial charge is 0.489 e. The van der Waals surface area contributed by atoms with E-state index in [1.54, 1.807) is 36.1 Å². The summed E-state index contributed by atoms with van der Waals surface area (Å²) in [6.45, 7) is 6.65. The monoisotopic (exact) mass is 431 g/mol. The van der Waals surface area contributed by atoms with Crippen molar-refractivity contribution in [3.05, 3.63) is 65.2 Å². The Morgan fingerprint density at radius 3 is 2.32 bits per heavy atom. The van der Waals surface area contributed by atoms with Crippen LogP contribution in [0.3, 0.4) is 0 Å². The van der Waals surface area contributed by atoms with E-state index >= 15 is 0 Å². The van der Waals surface area contributed by atoms with E-state index in [2.05, 4.69) is 0 Å². The van der Waals surface area contributed by atoms with Crippen LogP contribution in [0.5, 0.6) is 11.5 Å². The molecule has 0 aliphatic carbocycles. The molecule has 0 fully saturated rings. The first-order chi connectivity index (χ1) is 14.9. The summed E-state index contributed by atoms with van der Waals surface area (Å²) in [6, 6.07) is 8.64. The Kier molecular flexibility index (Phi) is 9.18. The van der Waals surface area contributed by atoms with Crippen molar-refractivity contribution in [2.75, 3.05) is 19.7 Å². The fourth-order valence-electron chi connectivity index (χ4n) is 2.92. The molecule has 5 nitrogen and oxygen atoms in total. The second kappa shape index (κ2) is 11.8. The quantitative estimate of drug-likeness (QED) is 0.292. The Bertz CT molecular complexity index is 919. The van der Waals surface area contributed by atoms with Gasteiger partial charge in [-0.05, 0) is 56.2 Å². The summed E-state index contributed by atoms with van der Waals surface area (Å²) in [6.07, 6.45) is 2.46. The highest BCUT2D eigenvalue weighted by Gasteiger charge is 2.14. The molecule has 0 radical (unpaired) electrons. The Labute approximate surface area is 181 Å². The first kappa shape index (κ1) is 24.1. The predicted molar refractivity (Wildman–Crippen MR) is 115 cm³/mol. The van der Waals surface area contributed by atoms with Gasteiger partial charge in [-0.25, -0.2) is 8.78 Å². The molecular formula is C24H27F2NO4. The summed E-state index contributed by atoms with van der Waals surface area (Å²) < 4.78 is 39.0. The van der Waals surface area contributed by atoms with Gasteiger partial charge >= 0.3 is 0 Å². The molecule has 1 amide bonds. The number of aldehydes is 1. The predicted octanol–water partition coefficient (Wildman–Crippen LogP) is 4.78. The standard InChI is InChI=1S/C24H27F2NO4/c1-4-27(5-2)24(29)14-17(3)18-10-11-22(23(15-18)30-13-7-12-28)31-16-19-20(25)8-6-9-21(19)26/h6,8-12,14-15H,4-5,7,13,16H2,1-3H3. The first-order valence-electron chi connectivity index (χ1n) is 10.1. The number of hydrogen-bond acceptors (Lipinski definition) is 4. The van der Waals surface area contributed by atoms with E-state index in [9.17, 15) is 18.4 Å². The maximum Gasteiger partial charge on any atom is 0.246 e. The normalized spacial score (nSPS) is 11.2. The summed E-state index contributed by atoms with van der Waals surface area (Å²) in [7, 11) is 0. The van der Waals surface area contributed by atoms with Crippen LogP contribution in [-0.4, -0.2) is 36.8 Å². The van der Waals surface area contributed by atoms with Crippen LogP contribution >= 0.6 is 0 Å². The van der Waals surface area contributed by atoms with E-state index < -0.39 is 11.6 Å². The summed E-state index contributed by atoms with van der Waals surface area (Å²) in [5.41, 5.74) is 1.26. The lowest BCUT2D eigenvalue weighted by Crippen LogP contribution is -2.28. The third-order valence-corrected chi connectivity index (χ3v) is 4.74. The fraction of sp³-hybridized carbons (Fsp3) is 0.333. The molecule has 0 unspecified atom stereocenters. The molecule has 0 spiro atoms. The van der Waals surface area contributed by atoms with E-state index in [0.29, 0.717) is 18.8 Å². The molecule has 0 atom stereocenters. The van der Waals surface area contributed by atoms with Crippen LogP contribution in [0.1, 0.15) is 38.3 Å². The number of benzene rings is 2. The summed E-state index contributed by atoms with van der Waals surface area (Å²) in [5, 5.41) is 0.